The van der Waals surface area contributed by atoms with E-state index in [1.807, 2.05) is 11.8 Å². The smallest absolute Gasteiger partial charge is 0.0433 e. The first-order chi connectivity index (χ1) is 6.20. The second-order valence-corrected chi connectivity index (χ2v) is 4.85. The fourth-order valence-electron chi connectivity index (χ4n) is 1.08. The average Bonchev–Trinajstić information content (AvgIpc) is 2.05. The van der Waals surface area contributed by atoms with Crippen LogP contribution in [0.25, 0.3) is 0 Å². The minimum absolute atomic E-state index is 0.300. The number of hydrogen-bond donors (Lipinski definition) is 2. The molecule has 80 valence electrons. The summed E-state index contributed by atoms with van der Waals surface area (Å²) in [4.78, 5) is 0. The van der Waals surface area contributed by atoms with E-state index in [-0.39, 0.29) is 0 Å². The molecule has 0 aliphatic heterocycles. The Kier molecular flexibility index (Phi) is 9.03. The highest BCUT2D eigenvalue weighted by Crippen LogP contribution is 2.16. The highest BCUT2D eigenvalue weighted by atomic mass is 32.2. The van der Waals surface area contributed by atoms with Crippen LogP contribution in [0, 0.1) is 11.8 Å². The normalized spacial score (nSPS) is 15.7. The molecule has 2 N–H and O–H groups in total. The maximum Gasteiger partial charge on any atom is 0.0433 e. The van der Waals surface area contributed by atoms with Crippen LogP contribution in [0.1, 0.15) is 26.7 Å². The highest BCUT2D eigenvalue weighted by Gasteiger charge is 2.04. The lowest BCUT2D eigenvalue weighted by Crippen LogP contribution is -2.05. The van der Waals surface area contributed by atoms with Crippen LogP contribution >= 0.6 is 11.8 Å². The van der Waals surface area contributed by atoms with Crippen LogP contribution in [0.5, 0.6) is 0 Å². The standard InChI is InChI=1S/C10H22O2S/c1-9(3-5-11)7-13-8-10(2)4-6-12/h9-12H,3-8H2,1-2H3. The van der Waals surface area contributed by atoms with Gasteiger partial charge < -0.3 is 10.2 Å². The zero-order valence-electron chi connectivity index (χ0n) is 8.70. The lowest BCUT2D eigenvalue weighted by atomic mass is 10.1. The molecule has 0 aliphatic carbocycles. The van der Waals surface area contributed by atoms with Gasteiger partial charge >= 0.3 is 0 Å². The summed E-state index contributed by atoms with van der Waals surface area (Å²) in [6.07, 6.45) is 1.81. The molecule has 0 aromatic heterocycles. The predicted molar refractivity (Wildman–Crippen MR) is 59.1 cm³/mol. The van der Waals surface area contributed by atoms with E-state index in [9.17, 15) is 0 Å². The van der Waals surface area contributed by atoms with Gasteiger partial charge in [0.1, 0.15) is 0 Å². The molecule has 0 spiro atoms. The van der Waals surface area contributed by atoms with Crippen molar-refractivity contribution in [3.05, 3.63) is 0 Å². The zero-order chi connectivity index (χ0) is 10.1. The summed E-state index contributed by atoms with van der Waals surface area (Å²) in [6.45, 7) is 4.93. The van der Waals surface area contributed by atoms with Gasteiger partial charge in [-0.1, -0.05) is 13.8 Å². The van der Waals surface area contributed by atoms with Crippen LogP contribution < -0.4 is 0 Å². The van der Waals surface area contributed by atoms with Gasteiger partial charge in [0.25, 0.3) is 0 Å². The predicted octanol–water partition coefficient (Wildman–Crippen LogP) is 1.76. The summed E-state index contributed by atoms with van der Waals surface area (Å²) in [5.41, 5.74) is 0. The summed E-state index contributed by atoms with van der Waals surface area (Å²) in [5.74, 6) is 3.46. The fraction of sp³-hybridized carbons (Fsp3) is 1.00. The van der Waals surface area contributed by atoms with Crippen LogP contribution in [0.4, 0.5) is 0 Å². The van der Waals surface area contributed by atoms with E-state index < -0.39 is 0 Å². The lowest BCUT2D eigenvalue weighted by Gasteiger charge is -2.12. The summed E-state index contributed by atoms with van der Waals surface area (Å²) in [5, 5.41) is 17.4. The third-order valence-electron chi connectivity index (χ3n) is 2.05. The molecule has 0 amide bonds. The van der Waals surface area contributed by atoms with Gasteiger partial charge in [0.05, 0.1) is 0 Å². The topological polar surface area (TPSA) is 40.5 Å². The Morgan fingerprint density at radius 3 is 1.62 bits per heavy atom. The first-order valence-electron chi connectivity index (χ1n) is 5.00. The third kappa shape index (κ3) is 8.60. The van der Waals surface area contributed by atoms with Crippen LogP contribution in [-0.2, 0) is 0 Å². The molecule has 13 heavy (non-hydrogen) atoms. The van der Waals surface area contributed by atoms with Crippen molar-refractivity contribution < 1.29 is 10.2 Å². The van der Waals surface area contributed by atoms with Gasteiger partial charge in [0.15, 0.2) is 0 Å². The van der Waals surface area contributed by atoms with Gasteiger partial charge in [-0.2, -0.15) is 11.8 Å². The van der Waals surface area contributed by atoms with Crippen molar-refractivity contribution in [1.82, 2.24) is 0 Å². The molecule has 0 rings (SSSR count). The molecule has 0 fully saturated rings. The first-order valence-corrected chi connectivity index (χ1v) is 6.15. The lowest BCUT2D eigenvalue weighted by molar-refractivity contribution is 0.268. The largest absolute Gasteiger partial charge is 0.396 e. The zero-order valence-corrected chi connectivity index (χ0v) is 9.52. The number of hydrogen-bond acceptors (Lipinski definition) is 3. The Bertz CT molecular complexity index is 97.1. The minimum Gasteiger partial charge on any atom is -0.396 e. The molecule has 0 radical (unpaired) electrons. The number of rotatable bonds is 8. The van der Waals surface area contributed by atoms with Crippen LogP contribution in [-0.4, -0.2) is 34.9 Å². The van der Waals surface area contributed by atoms with Crippen molar-refractivity contribution >= 4 is 11.8 Å². The SMILES string of the molecule is CC(CCO)CSCC(C)CCO. The summed E-state index contributed by atoms with van der Waals surface area (Å²) in [7, 11) is 0. The molecule has 0 aliphatic rings. The number of thioether (sulfide) groups is 1. The van der Waals surface area contributed by atoms with E-state index in [1.54, 1.807) is 0 Å². The second kappa shape index (κ2) is 8.85. The Morgan fingerprint density at radius 1 is 0.923 bits per heavy atom. The molecule has 2 unspecified atom stereocenters. The van der Waals surface area contributed by atoms with E-state index in [0.717, 1.165) is 24.3 Å². The molecule has 0 heterocycles. The third-order valence-corrected chi connectivity index (χ3v) is 3.66. The van der Waals surface area contributed by atoms with Crippen LogP contribution in [0.2, 0.25) is 0 Å². The molecule has 0 bridgehead atoms. The first kappa shape index (κ1) is 13.3. The van der Waals surface area contributed by atoms with E-state index in [0.29, 0.717) is 25.0 Å². The monoisotopic (exact) mass is 206 g/mol. The summed E-state index contributed by atoms with van der Waals surface area (Å²) in [6, 6.07) is 0. The Labute approximate surface area is 85.7 Å². The summed E-state index contributed by atoms with van der Waals surface area (Å²) < 4.78 is 0. The Morgan fingerprint density at radius 2 is 1.31 bits per heavy atom. The van der Waals surface area contributed by atoms with Crippen molar-refractivity contribution in [2.24, 2.45) is 11.8 Å². The molecule has 0 saturated heterocycles. The molecule has 0 aromatic carbocycles. The molecule has 2 atom stereocenters. The Balaban J connectivity index is 3.23. The van der Waals surface area contributed by atoms with Gasteiger partial charge in [-0.25, -0.2) is 0 Å². The summed E-state index contributed by atoms with van der Waals surface area (Å²) >= 11 is 1.93. The van der Waals surface area contributed by atoms with Crippen molar-refractivity contribution in [2.75, 3.05) is 24.7 Å². The second-order valence-electron chi connectivity index (χ2n) is 3.77. The van der Waals surface area contributed by atoms with Crippen LogP contribution in [0.15, 0.2) is 0 Å². The van der Waals surface area contributed by atoms with Gasteiger partial charge in [-0.15, -0.1) is 0 Å². The fourth-order valence-corrected chi connectivity index (χ4v) is 2.35. The van der Waals surface area contributed by atoms with Gasteiger partial charge in [0, 0.05) is 13.2 Å². The van der Waals surface area contributed by atoms with E-state index in [4.69, 9.17) is 10.2 Å². The number of aliphatic hydroxyl groups is 2. The van der Waals surface area contributed by atoms with Gasteiger partial charge in [0.2, 0.25) is 0 Å². The van der Waals surface area contributed by atoms with Crippen molar-refractivity contribution in [3.8, 4) is 0 Å². The van der Waals surface area contributed by atoms with Crippen molar-refractivity contribution in [2.45, 2.75) is 26.7 Å². The maximum absolute atomic E-state index is 8.69. The highest BCUT2D eigenvalue weighted by molar-refractivity contribution is 7.99. The van der Waals surface area contributed by atoms with Gasteiger partial charge in [-0.05, 0) is 36.2 Å². The number of aliphatic hydroxyl groups excluding tert-OH is 2. The molecular formula is C10H22O2S. The van der Waals surface area contributed by atoms with E-state index in [1.165, 1.54) is 0 Å². The molecule has 0 saturated carbocycles. The van der Waals surface area contributed by atoms with Gasteiger partial charge in [-0.3, -0.25) is 0 Å². The van der Waals surface area contributed by atoms with E-state index >= 15 is 0 Å². The molecular weight excluding hydrogens is 184 g/mol. The quantitative estimate of drug-likeness (QED) is 0.636. The maximum atomic E-state index is 8.69. The molecule has 0 aromatic rings. The van der Waals surface area contributed by atoms with E-state index in [2.05, 4.69) is 13.8 Å². The van der Waals surface area contributed by atoms with Crippen molar-refractivity contribution in [3.63, 3.8) is 0 Å². The Hall–Kier alpha value is 0.270. The molecule has 3 heteroatoms. The minimum atomic E-state index is 0.300. The average molecular weight is 206 g/mol. The molecule has 2 nitrogen and oxygen atoms in total. The van der Waals surface area contributed by atoms with Crippen LogP contribution in [0.3, 0.4) is 0 Å². The van der Waals surface area contributed by atoms with Crippen molar-refractivity contribution in [1.29, 1.82) is 0 Å².